The lowest BCUT2D eigenvalue weighted by molar-refractivity contribution is -0.153. The molecule has 2 aromatic rings. The highest BCUT2D eigenvalue weighted by Crippen LogP contribution is 2.46. The molecular formula is C24H25ClN2O2S. The molecule has 6 heteroatoms. The highest BCUT2D eigenvalue weighted by Gasteiger charge is 2.49. The Kier molecular flexibility index (Phi) is 6.64. The van der Waals surface area contributed by atoms with Gasteiger partial charge >= 0.3 is 5.97 Å². The third kappa shape index (κ3) is 4.50. The number of benzene rings is 2. The molecule has 30 heavy (non-hydrogen) atoms. The maximum Gasteiger partial charge on any atom is 0.311 e. The second-order valence-corrected chi connectivity index (χ2v) is 8.79. The van der Waals surface area contributed by atoms with Crippen molar-refractivity contribution in [1.29, 1.82) is 0 Å². The number of carbonyl (C=O) groups is 1. The van der Waals surface area contributed by atoms with E-state index in [2.05, 4.69) is 46.5 Å². The van der Waals surface area contributed by atoms with E-state index in [0.29, 0.717) is 19.1 Å². The quantitative estimate of drug-likeness (QED) is 0.341. The van der Waals surface area contributed by atoms with Crippen LogP contribution >= 0.6 is 23.8 Å². The lowest BCUT2D eigenvalue weighted by Crippen LogP contribution is -2.49. The van der Waals surface area contributed by atoms with Crippen LogP contribution in [0.4, 0.5) is 5.69 Å². The van der Waals surface area contributed by atoms with E-state index in [1.165, 1.54) is 5.56 Å². The molecule has 0 radical (unpaired) electrons. The van der Waals surface area contributed by atoms with Crippen LogP contribution in [0, 0.1) is 5.92 Å². The molecule has 0 spiro atoms. The summed E-state index contributed by atoms with van der Waals surface area (Å²) < 4.78 is 5.79. The van der Waals surface area contributed by atoms with Crippen LogP contribution in [-0.4, -0.2) is 41.8 Å². The number of rotatable bonds is 6. The summed E-state index contributed by atoms with van der Waals surface area (Å²) >= 11 is 10.7. The lowest BCUT2D eigenvalue weighted by atomic mass is 9.76. The first kappa shape index (κ1) is 21.2. The van der Waals surface area contributed by atoms with Crippen molar-refractivity contribution in [3.05, 3.63) is 64.7 Å². The lowest BCUT2D eigenvalue weighted by Gasteiger charge is -2.42. The summed E-state index contributed by atoms with van der Waals surface area (Å²) in [5, 5.41) is 3.08. The summed E-state index contributed by atoms with van der Waals surface area (Å²) in [6.07, 6.45) is 3.85. The molecule has 156 valence electrons. The maximum atomic E-state index is 13.2. The van der Waals surface area contributed by atoms with Gasteiger partial charge in [-0.3, -0.25) is 9.69 Å². The van der Waals surface area contributed by atoms with Gasteiger partial charge in [0, 0.05) is 29.4 Å². The Hall–Kier alpha value is -2.04. The first-order chi connectivity index (χ1) is 14.6. The number of hydrogen-bond acceptors (Lipinski definition) is 5. The Labute approximate surface area is 187 Å². The molecular weight excluding hydrogens is 416 g/mol. The number of carbonyl (C=O) groups excluding carboxylic acids is 1. The second kappa shape index (κ2) is 9.40. The highest BCUT2D eigenvalue weighted by molar-refractivity contribution is 7.78. The first-order valence-corrected chi connectivity index (χ1v) is 11.2. The first-order valence-electron chi connectivity index (χ1n) is 10.4. The molecule has 2 saturated heterocycles. The van der Waals surface area contributed by atoms with Crippen LogP contribution in [0.3, 0.4) is 0 Å². The maximum absolute atomic E-state index is 13.2. The number of halogens is 1. The van der Waals surface area contributed by atoms with Gasteiger partial charge in [0.2, 0.25) is 0 Å². The van der Waals surface area contributed by atoms with Crippen molar-refractivity contribution in [1.82, 2.24) is 4.90 Å². The van der Waals surface area contributed by atoms with E-state index < -0.39 is 0 Å². The van der Waals surface area contributed by atoms with E-state index in [-0.39, 0.29) is 23.8 Å². The van der Waals surface area contributed by atoms with Crippen LogP contribution in [0.25, 0.3) is 0 Å². The summed E-state index contributed by atoms with van der Waals surface area (Å²) in [4.78, 5) is 19.5. The van der Waals surface area contributed by atoms with Crippen molar-refractivity contribution in [3.8, 4) is 0 Å². The SMILES string of the molecule is CN1C2CC[C@@H]1C[C@H](c1ccc(Cl)cc1)C2C(=O)OCCc1ccc(N=C=S)cc1. The summed E-state index contributed by atoms with van der Waals surface area (Å²) in [5.74, 6) is -0.0569. The Morgan fingerprint density at radius 3 is 2.63 bits per heavy atom. The third-order valence-corrected chi connectivity index (χ3v) is 6.93. The highest BCUT2D eigenvalue weighted by atomic mass is 35.5. The number of aliphatic imine (C=N–C) groups is 1. The van der Waals surface area contributed by atoms with E-state index in [1.807, 2.05) is 36.4 Å². The molecule has 4 atom stereocenters. The molecule has 4 nitrogen and oxygen atoms in total. The number of hydrogen-bond donors (Lipinski definition) is 0. The predicted octanol–water partition coefficient (Wildman–Crippen LogP) is 5.43. The molecule has 0 saturated carbocycles. The van der Waals surface area contributed by atoms with Gasteiger partial charge in [-0.05, 0) is 73.9 Å². The molecule has 0 amide bonds. The summed E-state index contributed by atoms with van der Waals surface area (Å²) in [7, 11) is 2.14. The fraction of sp³-hybridized carbons (Fsp3) is 0.417. The molecule has 2 fully saturated rings. The molecule has 0 aromatic heterocycles. The Morgan fingerprint density at radius 2 is 1.93 bits per heavy atom. The van der Waals surface area contributed by atoms with Crippen molar-refractivity contribution in [2.24, 2.45) is 10.9 Å². The van der Waals surface area contributed by atoms with Gasteiger partial charge in [-0.15, -0.1) is 0 Å². The zero-order valence-electron chi connectivity index (χ0n) is 17.0. The average Bonchev–Trinajstić information content (AvgIpc) is 2.98. The van der Waals surface area contributed by atoms with Crippen LogP contribution in [0.2, 0.25) is 5.02 Å². The van der Waals surface area contributed by atoms with E-state index in [1.54, 1.807) is 0 Å². The number of ether oxygens (including phenoxy) is 1. The standard InChI is InChI=1S/C24H25ClN2O2S/c1-27-20-10-11-22(27)23(21(14-20)17-4-6-18(25)7-5-17)24(28)29-13-12-16-2-8-19(9-3-16)26-15-30/h2-9,20-23H,10-14H2,1H3/t20-,21-,22?,23?/m1/s1. The second-order valence-electron chi connectivity index (χ2n) is 8.17. The number of isothiocyanates is 1. The van der Waals surface area contributed by atoms with Crippen molar-refractivity contribution < 1.29 is 9.53 Å². The summed E-state index contributed by atoms with van der Waals surface area (Å²) in [5.41, 5.74) is 3.06. The van der Waals surface area contributed by atoms with Crippen molar-refractivity contribution in [2.45, 2.75) is 43.7 Å². The minimum absolute atomic E-state index is 0.0888. The molecule has 2 unspecified atom stereocenters. The van der Waals surface area contributed by atoms with Crippen molar-refractivity contribution in [2.75, 3.05) is 13.7 Å². The van der Waals surface area contributed by atoms with E-state index in [0.717, 1.165) is 35.5 Å². The van der Waals surface area contributed by atoms with Gasteiger partial charge in [-0.2, -0.15) is 4.99 Å². The Morgan fingerprint density at radius 1 is 1.20 bits per heavy atom. The van der Waals surface area contributed by atoms with Gasteiger partial charge in [0.05, 0.1) is 23.4 Å². The van der Waals surface area contributed by atoms with Gasteiger partial charge in [0.1, 0.15) is 0 Å². The van der Waals surface area contributed by atoms with Crippen LogP contribution in [-0.2, 0) is 16.0 Å². The molecule has 2 aromatic carbocycles. The Balaban J connectivity index is 1.44. The molecule has 2 aliphatic heterocycles. The minimum Gasteiger partial charge on any atom is -0.465 e. The van der Waals surface area contributed by atoms with E-state index in [4.69, 9.17) is 16.3 Å². The number of fused-ring (bicyclic) bond motifs is 2. The van der Waals surface area contributed by atoms with Gasteiger partial charge in [0.15, 0.2) is 0 Å². The van der Waals surface area contributed by atoms with Gasteiger partial charge in [-0.25, -0.2) is 0 Å². The molecule has 4 rings (SSSR count). The molecule has 0 N–H and O–H groups in total. The minimum atomic E-state index is -0.144. The molecule has 2 aliphatic rings. The van der Waals surface area contributed by atoms with Crippen LogP contribution in [0.15, 0.2) is 53.5 Å². The fourth-order valence-electron chi connectivity index (χ4n) is 5.00. The average molecular weight is 441 g/mol. The number of esters is 1. The van der Waals surface area contributed by atoms with Crippen LogP contribution in [0.1, 0.15) is 36.3 Å². The predicted molar refractivity (Wildman–Crippen MR) is 123 cm³/mol. The zero-order chi connectivity index (χ0) is 21.1. The van der Waals surface area contributed by atoms with Gasteiger partial charge in [-0.1, -0.05) is 35.9 Å². The molecule has 0 aliphatic carbocycles. The number of piperidine rings is 1. The number of thiocarbonyl (C=S) groups is 1. The summed E-state index contributed by atoms with van der Waals surface area (Å²) in [6, 6.07) is 16.5. The van der Waals surface area contributed by atoms with Gasteiger partial charge < -0.3 is 4.74 Å². The normalized spacial score (nSPS) is 25.5. The topological polar surface area (TPSA) is 41.9 Å². The van der Waals surface area contributed by atoms with Crippen molar-refractivity contribution >= 4 is 40.6 Å². The smallest absolute Gasteiger partial charge is 0.311 e. The van der Waals surface area contributed by atoms with E-state index >= 15 is 0 Å². The largest absolute Gasteiger partial charge is 0.465 e. The van der Waals surface area contributed by atoms with Gasteiger partial charge in [0.25, 0.3) is 0 Å². The van der Waals surface area contributed by atoms with Crippen molar-refractivity contribution in [3.63, 3.8) is 0 Å². The third-order valence-electron chi connectivity index (χ3n) is 6.59. The zero-order valence-corrected chi connectivity index (χ0v) is 18.5. The van der Waals surface area contributed by atoms with Crippen LogP contribution in [0.5, 0.6) is 0 Å². The molecule has 2 heterocycles. The number of nitrogens with zero attached hydrogens (tertiary/aromatic N) is 2. The fourth-order valence-corrected chi connectivity index (χ4v) is 5.23. The van der Waals surface area contributed by atoms with Crippen LogP contribution < -0.4 is 0 Å². The molecule has 2 bridgehead atoms. The monoisotopic (exact) mass is 440 g/mol. The Bertz CT molecular complexity index is 941. The van der Waals surface area contributed by atoms with E-state index in [9.17, 15) is 4.79 Å². The summed E-state index contributed by atoms with van der Waals surface area (Å²) in [6.45, 7) is 0.373.